The van der Waals surface area contributed by atoms with E-state index in [0.29, 0.717) is 18.9 Å². The Balaban J connectivity index is 1.56. The van der Waals surface area contributed by atoms with Crippen LogP contribution in [0.2, 0.25) is 0 Å². The summed E-state index contributed by atoms with van der Waals surface area (Å²) >= 11 is 1.61. The van der Waals surface area contributed by atoms with Crippen LogP contribution >= 0.6 is 11.3 Å². The summed E-state index contributed by atoms with van der Waals surface area (Å²) in [5, 5.41) is 7.12. The van der Waals surface area contributed by atoms with E-state index in [1.54, 1.807) is 23.7 Å². The van der Waals surface area contributed by atoms with E-state index in [2.05, 4.69) is 27.1 Å². The number of hydrogen-bond acceptors (Lipinski definition) is 6. The molecule has 2 aromatic rings. The number of thiophene rings is 1. The maximum Gasteiger partial charge on any atom is 0.257 e. The van der Waals surface area contributed by atoms with Crippen molar-refractivity contribution < 1.29 is 9.53 Å². The molecule has 1 N–H and O–H groups in total. The summed E-state index contributed by atoms with van der Waals surface area (Å²) in [5.41, 5.74) is 1.07. The number of hydrogen-bond donors (Lipinski definition) is 1. The zero-order valence-corrected chi connectivity index (χ0v) is 14.6. The molecule has 1 aliphatic heterocycles. The number of rotatable bonds is 7. The smallest absolute Gasteiger partial charge is 0.257 e. The first-order chi connectivity index (χ1) is 11.8. The fourth-order valence-electron chi connectivity index (χ4n) is 2.76. The molecule has 7 heteroatoms. The molecule has 24 heavy (non-hydrogen) atoms. The van der Waals surface area contributed by atoms with E-state index >= 15 is 0 Å². The van der Waals surface area contributed by atoms with Crippen molar-refractivity contribution in [2.24, 2.45) is 0 Å². The number of amides is 1. The molecular weight excluding hydrogens is 324 g/mol. The molecule has 1 aliphatic rings. The molecule has 0 spiro atoms. The van der Waals surface area contributed by atoms with E-state index in [4.69, 9.17) is 4.74 Å². The third-order valence-electron chi connectivity index (χ3n) is 3.89. The lowest BCUT2D eigenvalue weighted by molar-refractivity contribution is -0.121. The molecule has 1 fully saturated rings. The maximum absolute atomic E-state index is 12.1. The topological polar surface area (TPSA) is 67.4 Å². The first kappa shape index (κ1) is 16.7. The Morgan fingerprint density at radius 3 is 3.12 bits per heavy atom. The number of aromatic nitrogens is 2. The Morgan fingerprint density at radius 1 is 1.46 bits per heavy atom. The van der Waals surface area contributed by atoms with Gasteiger partial charge in [-0.05, 0) is 35.2 Å². The van der Waals surface area contributed by atoms with Crippen molar-refractivity contribution in [1.82, 2.24) is 15.3 Å². The average Bonchev–Trinajstić information content (AvgIpc) is 3.25. The molecule has 1 amide bonds. The molecule has 128 valence electrons. The summed E-state index contributed by atoms with van der Waals surface area (Å²) in [5.74, 6) is 1.41. The van der Waals surface area contributed by atoms with Gasteiger partial charge >= 0.3 is 0 Å². The lowest BCUT2D eigenvalue weighted by Crippen LogP contribution is -2.38. The SMILES string of the molecule is CCCOc1nccnc1N1CC[C@H](NC(=O)Cc2ccsc2)C1. The van der Waals surface area contributed by atoms with Crippen molar-refractivity contribution in [3.8, 4) is 5.88 Å². The fourth-order valence-corrected chi connectivity index (χ4v) is 3.43. The number of carbonyl (C=O) groups excluding carboxylic acids is 1. The van der Waals surface area contributed by atoms with Gasteiger partial charge in [-0.2, -0.15) is 11.3 Å². The second-order valence-electron chi connectivity index (χ2n) is 5.84. The first-order valence-corrected chi connectivity index (χ1v) is 9.19. The average molecular weight is 346 g/mol. The second-order valence-corrected chi connectivity index (χ2v) is 6.62. The van der Waals surface area contributed by atoms with Crippen LogP contribution in [-0.4, -0.2) is 41.6 Å². The molecule has 1 saturated heterocycles. The molecule has 0 bridgehead atoms. The minimum Gasteiger partial charge on any atom is -0.475 e. The van der Waals surface area contributed by atoms with Gasteiger partial charge in [0.15, 0.2) is 5.82 Å². The van der Waals surface area contributed by atoms with Crippen LogP contribution in [0, 0.1) is 0 Å². The van der Waals surface area contributed by atoms with Crippen molar-refractivity contribution in [3.05, 3.63) is 34.8 Å². The molecule has 3 rings (SSSR count). The highest BCUT2D eigenvalue weighted by Crippen LogP contribution is 2.26. The molecule has 3 heterocycles. The van der Waals surface area contributed by atoms with Gasteiger partial charge in [-0.25, -0.2) is 9.97 Å². The minimum absolute atomic E-state index is 0.0712. The largest absolute Gasteiger partial charge is 0.475 e. The van der Waals surface area contributed by atoms with E-state index in [0.717, 1.165) is 37.3 Å². The third kappa shape index (κ3) is 4.23. The maximum atomic E-state index is 12.1. The molecule has 0 aliphatic carbocycles. The fraction of sp³-hybridized carbons (Fsp3) is 0.471. The van der Waals surface area contributed by atoms with Crippen molar-refractivity contribution in [2.45, 2.75) is 32.2 Å². The predicted octanol–water partition coefficient (Wildman–Crippen LogP) is 2.26. The summed E-state index contributed by atoms with van der Waals surface area (Å²) in [7, 11) is 0. The van der Waals surface area contributed by atoms with E-state index in [1.807, 2.05) is 16.8 Å². The van der Waals surface area contributed by atoms with E-state index in [1.165, 1.54) is 0 Å². The number of anilines is 1. The van der Waals surface area contributed by atoms with Crippen molar-refractivity contribution in [3.63, 3.8) is 0 Å². The van der Waals surface area contributed by atoms with Gasteiger partial charge < -0.3 is 15.0 Å². The van der Waals surface area contributed by atoms with E-state index in [-0.39, 0.29) is 11.9 Å². The summed E-state index contributed by atoms with van der Waals surface area (Å²) in [4.78, 5) is 23.0. The van der Waals surface area contributed by atoms with Crippen LogP contribution in [0.5, 0.6) is 5.88 Å². The Bertz CT molecular complexity index is 662. The Kier molecular flexibility index (Phi) is 5.63. The van der Waals surface area contributed by atoms with Gasteiger partial charge in [0.1, 0.15) is 0 Å². The normalized spacial score (nSPS) is 17.0. The van der Waals surface area contributed by atoms with Gasteiger partial charge in [0, 0.05) is 31.5 Å². The van der Waals surface area contributed by atoms with Crippen molar-refractivity contribution in [1.29, 1.82) is 0 Å². The number of carbonyl (C=O) groups is 1. The van der Waals surface area contributed by atoms with Crippen LogP contribution in [0.4, 0.5) is 5.82 Å². The summed E-state index contributed by atoms with van der Waals surface area (Å²) in [6, 6.07) is 2.12. The molecule has 0 unspecified atom stereocenters. The highest BCUT2D eigenvalue weighted by molar-refractivity contribution is 7.07. The third-order valence-corrected chi connectivity index (χ3v) is 4.62. The predicted molar refractivity (Wildman–Crippen MR) is 94.6 cm³/mol. The zero-order chi connectivity index (χ0) is 16.8. The highest BCUT2D eigenvalue weighted by atomic mass is 32.1. The lowest BCUT2D eigenvalue weighted by atomic mass is 10.2. The summed E-state index contributed by atoms with van der Waals surface area (Å²) < 4.78 is 5.68. The first-order valence-electron chi connectivity index (χ1n) is 8.25. The Morgan fingerprint density at radius 2 is 2.33 bits per heavy atom. The molecule has 6 nitrogen and oxygen atoms in total. The highest BCUT2D eigenvalue weighted by Gasteiger charge is 2.27. The number of nitrogens with one attached hydrogen (secondary N) is 1. The van der Waals surface area contributed by atoms with Crippen molar-refractivity contribution >= 4 is 23.1 Å². The number of ether oxygens (including phenoxy) is 1. The molecular formula is C17H22N4O2S. The molecule has 1 atom stereocenters. The van der Waals surface area contributed by atoms with Crippen LogP contribution in [0.3, 0.4) is 0 Å². The zero-order valence-electron chi connectivity index (χ0n) is 13.8. The van der Waals surface area contributed by atoms with Gasteiger partial charge in [-0.3, -0.25) is 4.79 Å². The van der Waals surface area contributed by atoms with Crippen LogP contribution < -0.4 is 15.0 Å². The molecule has 2 aromatic heterocycles. The van der Waals surface area contributed by atoms with Crippen LogP contribution in [0.15, 0.2) is 29.2 Å². The van der Waals surface area contributed by atoms with E-state index < -0.39 is 0 Å². The molecule has 0 saturated carbocycles. The number of nitrogens with zero attached hydrogens (tertiary/aromatic N) is 3. The van der Waals surface area contributed by atoms with Gasteiger partial charge in [-0.1, -0.05) is 6.92 Å². The Hall–Kier alpha value is -2.15. The van der Waals surface area contributed by atoms with Gasteiger partial charge in [0.2, 0.25) is 5.91 Å². The molecule has 0 radical (unpaired) electrons. The van der Waals surface area contributed by atoms with Crippen LogP contribution in [-0.2, 0) is 11.2 Å². The van der Waals surface area contributed by atoms with Crippen LogP contribution in [0.1, 0.15) is 25.3 Å². The minimum atomic E-state index is 0.0712. The van der Waals surface area contributed by atoms with Gasteiger partial charge in [-0.15, -0.1) is 0 Å². The van der Waals surface area contributed by atoms with Gasteiger partial charge in [0.25, 0.3) is 5.88 Å². The van der Waals surface area contributed by atoms with Gasteiger partial charge in [0.05, 0.1) is 13.0 Å². The lowest BCUT2D eigenvalue weighted by Gasteiger charge is -2.19. The Labute approximate surface area is 145 Å². The van der Waals surface area contributed by atoms with E-state index in [9.17, 15) is 4.79 Å². The summed E-state index contributed by atoms with van der Waals surface area (Å²) in [6.45, 7) is 4.26. The van der Waals surface area contributed by atoms with Crippen molar-refractivity contribution in [2.75, 3.05) is 24.6 Å². The second kappa shape index (κ2) is 8.10. The monoisotopic (exact) mass is 346 g/mol. The molecule has 0 aromatic carbocycles. The summed E-state index contributed by atoms with van der Waals surface area (Å²) in [6.07, 6.45) is 5.59. The standard InChI is InChI=1S/C17H22N4O2S/c1-2-8-23-17-16(18-5-6-19-17)21-7-3-14(11-21)20-15(22)10-13-4-9-24-12-13/h4-6,9,12,14H,2-3,7-8,10-11H2,1H3,(H,20,22)/t14-/m0/s1. The quantitative estimate of drug-likeness (QED) is 0.833. The van der Waals surface area contributed by atoms with Crippen LogP contribution in [0.25, 0.3) is 0 Å².